The molecule has 186 valence electrons. The molecule has 8 nitrogen and oxygen atoms in total. The van der Waals surface area contributed by atoms with E-state index in [1.165, 1.54) is 16.4 Å². The van der Waals surface area contributed by atoms with Crippen LogP contribution in [0.1, 0.15) is 25.5 Å². The average Bonchev–Trinajstić information content (AvgIpc) is 2.86. The van der Waals surface area contributed by atoms with E-state index in [4.69, 9.17) is 4.74 Å². The van der Waals surface area contributed by atoms with Gasteiger partial charge in [0.15, 0.2) is 0 Å². The molecule has 2 aromatic carbocycles. The predicted octanol–water partition coefficient (Wildman–Crippen LogP) is 4.36. The summed E-state index contributed by atoms with van der Waals surface area (Å²) in [6, 6.07) is 14.4. The van der Waals surface area contributed by atoms with Crippen LogP contribution >= 0.6 is 0 Å². The molecule has 0 bridgehead atoms. The van der Waals surface area contributed by atoms with Crippen molar-refractivity contribution in [1.29, 1.82) is 0 Å². The van der Waals surface area contributed by atoms with Gasteiger partial charge in [0, 0.05) is 43.6 Å². The zero-order valence-electron chi connectivity index (χ0n) is 19.9. The number of hydrogen-bond donors (Lipinski definition) is 1. The van der Waals surface area contributed by atoms with Gasteiger partial charge in [0.25, 0.3) is 0 Å². The zero-order chi connectivity index (χ0) is 24.8. The van der Waals surface area contributed by atoms with Crippen LogP contribution in [0.4, 0.5) is 21.8 Å². The molecule has 0 saturated carbocycles. The van der Waals surface area contributed by atoms with Crippen LogP contribution in [0.3, 0.4) is 0 Å². The smallest absolute Gasteiger partial charge is 0.243 e. The highest BCUT2D eigenvalue weighted by Crippen LogP contribution is 2.23. The van der Waals surface area contributed by atoms with Gasteiger partial charge in [-0.2, -0.15) is 9.29 Å². The van der Waals surface area contributed by atoms with Crippen molar-refractivity contribution >= 4 is 27.5 Å². The van der Waals surface area contributed by atoms with Crippen LogP contribution in [0.5, 0.6) is 5.75 Å². The molecule has 35 heavy (non-hydrogen) atoms. The van der Waals surface area contributed by atoms with Crippen molar-refractivity contribution in [2.45, 2.75) is 31.6 Å². The first-order valence-electron chi connectivity index (χ1n) is 11.7. The van der Waals surface area contributed by atoms with Crippen molar-refractivity contribution in [3.63, 3.8) is 0 Å². The summed E-state index contributed by atoms with van der Waals surface area (Å²) in [7, 11) is -3.60. The molecule has 0 spiro atoms. The minimum Gasteiger partial charge on any atom is -0.494 e. The van der Waals surface area contributed by atoms with Crippen molar-refractivity contribution < 1.29 is 17.5 Å². The lowest BCUT2D eigenvalue weighted by Gasteiger charge is -2.34. The first kappa shape index (κ1) is 24.9. The van der Waals surface area contributed by atoms with Gasteiger partial charge in [-0.15, -0.1) is 0 Å². The van der Waals surface area contributed by atoms with E-state index in [-0.39, 0.29) is 10.7 Å². The molecule has 0 radical (unpaired) electrons. The number of aromatic nitrogens is 2. The summed E-state index contributed by atoms with van der Waals surface area (Å²) < 4.78 is 46.6. The molecule has 1 aliphatic heterocycles. The van der Waals surface area contributed by atoms with Crippen LogP contribution in [0.15, 0.2) is 59.5 Å². The van der Waals surface area contributed by atoms with Gasteiger partial charge in [0.2, 0.25) is 16.0 Å². The Morgan fingerprint density at radius 1 is 1.00 bits per heavy atom. The van der Waals surface area contributed by atoms with Gasteiger partial charge in [-0.3, -0.25) is 0 Å². The zero-order valence-corrected chi connectivity index (χ0v) is 20.8. The molecule has 4 rings (SSSR count). The van der Waals surface area contributed by atoms with E-state index in [0.717, 1.165) is 18.5 Å². The minimum atomic E-state index is -3.60. The summed E-state index contributed by atoms with van der Waals surface area (Å²) in [6.07, 6.45) is 2.00. The van der Waals surface area contributed by atoms with Gasteiger partial charge in [0.1, 0.15) is 17.4 Å². The molecule has 3 aromatic rings. The molecular formula is C25H30FN5O3S. The van der Waals surface area contributed by atoms with Crippen LogP contribution in [0.25, 0.3) is 0 Å². The molecule has 0 amide bonds. The molecule has 2 heterocycles. The average molecular weight is 500 g/mol. The van der Waals surface area contributed by atoms with Crippen molar-refractivity contribution in [3.8, 4) is 5.75 Å². The number of rotatable bonds is 9. The second-order valence-corrected chi connectivity index (χ2v) is 10.3. The molecule has 1 saturated heterocycles. The van der Waals surface area contributed by atoms with E-state index in [0.29, 0.717) is 56.0 Å². The quantitative estimate of drug-likeness (QED) is 0.438. The van der Waals surface area contributed by atoms with Crippen LogP contribution in [0, 0.1) is 12.7 Å². The summed E-state index contributed by atoms with van der Waals surface area (Å²) in [5.41, 5.74) is 1.49. The van der Waals surface area contributed by atoms with Gasteiger partial charge < -0.3 is 15.0 Å². The number of ether oxygens (including phenoxy) is 1. The highest BCUT2D eigenvalue weighted by atomic mass is 32.2. The number of nitrogens with one attached hydrogen (secondary N) is 1. The van der Waals surface area contributed by atoms with Gasteiger partial charge in [0.05, 0.1) is 11.5 Å². The fourth-order valence-electron chi connectivity index (χ4n) is 3.76. The number of hydrogen-bond acceptors (Lipinski definition) is 7. The minimum absolute atomic E-state index is 0.256. The number of piperazine rings is 1. The summed E-state index contributed by atoms with van der Waals surface area (Å²) >= 11 is 0. The first-order valence-corrected chi connectivity index (χ1v) is 13.2. The van der Waals surface area contributed by atoms with Crippen LogP contribution in [-0.2, 0) is 10.0 Å². The SMILES string of the molecule is CCCCOc1ccc(S(=O)(=O)N2CCN(c3nc(C)cc(Nc4ccc(F)cc4)n3)CC2)cc1. The molecule has 0 atom stereocenters. The number of anilines is 3. The van der Waals surface area contributed by atoms with Crippen molar-refractivity contribution in [1.82, 2.24) is 14.3 Å². The number of benzene rings is 2. The van der Waals surface area contributed by atoms with E-state index in [9.17, 15) is 12.8 Å². The Kier molecular flexibility index (Phi) is 7.82. The Morgan fingerprint density at radius 2 is 1.69 bits per heavy atom. The lowest BCUT2D eigenvalue weighted by molar-refractivity contribution is 0.309. The topological polar surface area (TPSA) is 87.7 Å². The highest BCUT2D eigenvalue weighted by molar-refractivity contribution is 7.89. The highest BCUT2D eigenvalue weighted by Gasteiger charge is 2.29. The van der Waals surface area contributed by atoms with Crippen molar-refractivity contribution in [3.05, 3.63) is 66.1 Å². The monoisotopic (exact) mass is 499 g/mol. The lowest BCUT2D eigenvalue weighted by atomic mass is 10.3. The van der Waals surface area contributed by atoms with Gasteiger partial charge in [-0.25, -0.2) is 17.8 Å². The predicted molar refractivity (Wildman–Crippen MR) is 134 cm³/mol. The number of nitrogens with zero attached hydrogens (tertiary/aromatic N) is 4. The molecule has 1 fully saturated rings. The standard InChI is InChI=1S/C25H30FN5O3S/c1-3-4-17-34-22-9-11-23(12-10-22)35(32,33)31-15-13-30(14-16-31)25-27-19(2)18-24(29-25)28-21-7-5-20(26)6-8-21/h5-12,18H,3-4,13-17H2,1-2H3,(H,27,28,29). The summed E-state index contributed by atoms with van der Waals surface area (Å²) in [6.45, 7) is 6.18. The fraction of sp³-hybridized carbons (Fsp3) is 0.360. The third-order valence-corrected chi connectivity index (χ3v) is 7.62. The summed E-state index contributed by atoms with van der Waals surface area (Å²) in [4.78, 5) is 11.3. The summed E-state index contributed by atoms with van der Waals surface area (Å²) in [5, 5.41) is 3.17. The maximum Gasteiger partial charge on any atom is 0.243 e. The summed E-state index contributed by atoms with van der Waals surface area (Å²) in [5.74, 6) is 1.48. The van der Waals surface area contributed by atoms with Crippen LogP contribution in [-0.4, -0.2) is 55.5 Å². The number of unbranched alkanes of at least 4 members (excludes halogenated alkanes) is 1. The van der Waals surface area contributed by atoms with E-state index in [2.05, 4.69) is 22.2 Å². The largest absolute Gasteiger partial charge is 0.494 e. The maximum absolute atomic E-state index is 13.2. The normalized spacial score (nSPS) is 14.7. The second kappa shape index (κ2) is 11.0. The Labute approximate surface area is 205 Å². The van der Waals surface area contributed by atoms with Crippen molar-refractivity contribution in [2.75, 3.05) is 43.0 Å². The molecular weight excluding hydrogens is 469 g/mol. The van der Waals surface area contributed by atoms with Crippen molar-refractivity contribution in [2.24, 2.45) is 0 Å². The number of aryl methyl sites for hydroxylation is 1. The third kappa shape index (κ3) is 6.26. The van der Waals surface area contributed by atoms with Crippen LogP contribution in [0.2, 0.25) is 0 Å². The van der Waals surface area contributed by atoms with Crippen LogP contribution < -0.4 is 15.0 Å². The first-order chi connectivity index (χ1) is 16.8. The molecule has 0 aliphatic carbocycles. The molecule has 0 unspecified atom stereocenters. The Bertz CT molecular complexity index is 1230. The second-order valence-electron chi connectivity index (χ2n) is 8.39. The fourth-order valence-corrected chi connectivity index (χ4v) is 5.18. The van der Waals surface area contributed by atoms with Gasteiger partial charge >= 0.3 is 0 Å². The van der Waals surface area contributed by atoms with Gasteiger partial charge in [-0.05, 0) is 61.9 Å². The molecule has 1 aliphatic rings. The Morgan fingerprint density at radius 3 is 2.34 bits per heavy atom. The van der Waals surface area contributed by atoms with E-state index >= 15 is 0 Å². The van der Waals surface area contributed by atoms with E-state index in [1.807, 2.05) is 17.9 Å². The van der Waals surface area contributed by atoms with Gasteiger partial charge in [-0.1, -0.05) is 13.3 Å². The number of sulfonamides is 1. The number of halogens is 1. The molecule has 1 aromatic heterocycles. The van der Waals surface area contributed by atoms with E-state index < -0.39 is 10.0 Å². The Balaban J connectivity index is 1.40. The Hall–Kier alpha value is -3.24. The molecule has 10 heteroatoms. The third-order valence-electron chi connectivity index (χ3n) is 5.71. The lowest BCUT2D eigenvalue weighted by Crippen LogP contribution is -2.49. The molecule has 1 N–H and O–H groups in total. The van der Waals surface area contributed by atoms with E-state index in [1.54, 1.807) is 36.4 Å². The maximum atomic E-state index is 13.2.